The average Bonchev–Trinajstić information content (AvgIpc) is 2.49. The maximum Gasteiger partial charge on any atom is 0.272 e. The molecule has 2 aromatic rings. The maximum absolute atomic E-state index is 10.9. The fourth-order valence-electron chi connectivity index (χ4n) is 1.96. The zero-order chi connectivity index (χ0) is 15.2. The third-order valence-electron chi connectivity index (χ3n) is 2.99. The van der Waals surface area contributed by atoms with Crippen LogP contribution in [0.3, 0.4) is 0 Å². The predicted octanol–water partition coefficient (Wildman–Crippen LogP) is 3.77. The molecule has 0 saturated carbocycles. The first kappa shape index (κ1) is 14.8. The van der Waals surface area contributed by atoms with Crippen LogP contribution in [0.25, 0.3) is 0 Å². The molecule has 5 nitrogen and oxygen atoms in total. The molecule has 106 valence electrons. The standard InChI is InChI=1S/C15H12ClN3O2/c16-13-6-5-11(10-17)9-14(13)18-8-7-12-3-1-2-4-15(12)19(20)21/h1-6,9,18H,7-8H2. The SMILES string of the molecule is N#Cc1ccc(Cl)c(NCCc2ccccc2[N+](=O)[O-])c1. The number of nitrogens with zero attached hydrogens (tertiary/aromatic N) is 2. The van der Waals surface area contributed by atoms with Gasteiger partial charge in [-0.3, -0.25) is 10.1 Å². The molecule has 0 bridgehead atoms. The summed E-state index contributed by atoms with van der Waals surface area (Å²) < 4.78 is 0. The summed E-state index contributed by atoms with van der Waals surface area (Å²) in [6, 6.07) is 13.6. The highest BCUT2D eigenvalue weighted by Gasteiger charge is 2.11. The van der Waals surface area contributed by atoms with E-state index < -0.39 is 4.92 Å². The first-order valence-electron chi connectivity index (χ1n) is 6.27. The zero-order valence-electron chi connectivity index (χ0n) is 11.0. The van der Waals surface area contributed by atoms with Gasteiger partial charge in [-0.05, 0) is 24.6 Å². The molecule has 21 heavy (non-hydrogen) atoms. The molecule has 1 N–H and O–H groups in total. The Kier molecular flexibility index (Phi) is 4.75. The van der Waals surface area contributed by atoms with E-state index in [-0.39, 0.29) is 5.69 Å². The molecule has 0 aromatic heterocycles. The third-order valence-corrected chi connectivity index (χ3v) is 3.32. The molecule has 6 heteroatoms. The van der Waals surface area contributed by atoms with E-state index in [1.807, 2.05) is 6.07 Å². The number of para-hydroxylation sites is 1. The van der Waals surface area contributed by atoms with Gasteiger partial charge in [0.05, 0.1) is 27.3 Å². The molecule has 0 saturated heterocycles. The predicted molar refractivity (Wildman–Crippen MR) is 81.5 cm³/mol. The van der Waals surface area contributed by atoms with Gasteiger partial charge in [0.2, 0.25) is 0 Å². The summed E-state index contributed by atoms with van der Waals surface area (Å²) in [7, 11) is 0. The van der Waals surface area contributed by atoms with E-state index in [0.29, 0.717) is 34.8 Å². The minimum Gasteiger partial charge on any atom is -0.383 e. The van der Waals surface area contributed by atoms with Gasteiger partial charge in [0.15, 0.2) is 0 Å². The van der Waals surface area contributed by atoms with Crippen LogP contribution in [-0.2, 0) is 6.42 Å². The summed E-state index contributed by atoms with van der Waals surface area (Å²) in [5, 5.41) is 23.4. The third kappa shape index (κ3) is 3.71. The minimum absolute atomic E-state index is 0.108. The van der Waals surface area contributed by atoms with Crippen molar-refractivity contribution in [2.75, 3.05) is 11.9 Å². The molecule has 0 atom stereocenters. The Hall–Kier alpha value is -2.58. The molecule has 2 aromatic carbocycles. The molecule has 0 aliphatic carbocycles. The summed E-state index contributed by atoms with van der Waals surface area (Å²) in [5.74, 6) is 0. The Morgan fingerprint density at radius 3 is 2.76 bits per heavy atom. The molecule has 0 radical (unpaired) electrons. The highest BCUT2D eigenvalue weighted by atomic mass is 35.5. The van der Waals surface area contributed by atoms with Gasteiger partial charge in [-0.2, -0.15) is 5.26 Å². The van der Waals surface area contributed by atoms with Gasteiger partial charge in [-0.25, -0.2) is 0 Å². The Morgan fingerprint density at radius 1 is 1.29 bits per heavy atom. The molecule has 0 amide bonds. The van der Waals surface area contributed by atoms with Crippen molar-refractivity contribution in [3.63, 3.8) is 0 Å². The van der Waals surface area contributed by atoms with Gasteiger partial charge in [-0.1, -0.05) is 29.8 Å². The van der Waals surface area contributed by atoms with Crippen LogP contribution in [0.2, 0.25) is 5.02 Å². The van der Waals surface area contributed by atoms with Crippen molar-refractivity contribution in [2.24, 2.45) is 0 Å². The van der Waals surface area contributed by atoms with Crippen molar-refractivity contribution in [3.05, 3.63) is 68.7 Å². The van der Waals surface area contributed by atoms with E-state index >= 15 is 0 Å². The molecule has 0 aliphatic rings. The Bertz CT molecular complexity index is 710. The van der Waals surface area contributed by atoms with Gasteiger partial charge in [-0.15, -0.1) is 0 Å². The lowest BCUT2D eigenvalue weighted by atomic mass is 10.1. The van der Waals surface area contributed by atoms with Crippen LogP contribution >= 0.6 is 11.6 Å². The molecule has 0 heterocycles. The smallest absolute Gasteiger partial charge is 0.272 e. The molecule has 0 aliphatic heterocycles. The summed E-state index contributed by atoms with van der Waals surface area (Å²) in [5.41, 5.74) is 1.92. The Balaban J connectivity index is 2.06. The highest BCUT2D eigenvalue weighted by Crippen LogP contribution is 2.23. The lowest BCUT2D eigenvalue weighted by molar-refractivity contribution is -0.385. The fraction of sp³-hybridized carbons (Fsp3) is 0.133. The number of benzene rings is 2. The Labute approximate surface area is 126 Å². The van der Waals surface area contributed by atoms with Crippen LogP contribution in [0, 0.1) is 21.4 Å². The number of rotatable bonds is 5. The molecule has 0 fully saturated rings. The van der Waals surface area contributed by atoms with Gasteiger partial charge < -0.3 is 5.32 Å². The van der Waals surface area contributed by atoms with Crippen LogP contribution in [0.4, 0.5) is 11.4 Å². The van der Waals surface area contributed by atoms with Crippen molar-refractivity contribution >= 4 is 23.0 Å². The van der Waals surface area contributed by atoms with E-state index in [1.165, 1.54) is 6.07 Å². The number of nitriles is 1. The largest absolute Gasteiger partial charge is 0.383 e. The average molecular weight is 302 g/mol. The Morgan fingerprint density at radius 2 is 2.05 bits per heavy atom. The normalized spacial score (nSPS) is 9.90. The van der Waals surface area contributed by atoms with E-state index in [0.717, 1.165) is 0 Å². The van der Waals surface area contributed by atoms with Gasteiger partial charge in [0.1, 0.15) is 0 Å². The van der Waals surface area contributed by atoms with Gasteiger partial charge >= 0.3 is 0 Å². The van der Waals surface area contributed by atoms with Crippen molar-refractivity contribution in [2.45, 2.75) is 6.42 Å². The quantitative estimate of drug-likeness (QED) is 0.673. The van der Waals surface area contributed by atoms with E-state index in [2.05, 4.69) is 5.32 Å². The van der Waals surface area contributed by atoms with Crippen LogP contribution in [-0.4, -0.2) is 11.5 Å². The monoisotopic (exact) mass is 301 g/mol. The first-order valence-corrected chi connectivity index (χ1v) is 6.65. The molecule has 2 rings (SSSR count). The number of anilines is 1. The number of nitro benzene ring substituents is 1. The fourth-order valence-corrected chi connectivity index (χ4v) is 2.15. The second-order valence-electron chi connectivity index (χ2n) is 4.37. The van der Waals surface area contributed by atoms with Crippen LogP contribution in [0.5, 0.6) is 0 Å². The van der Waals surface area contributed by atoms with Crippen molar-refractivity contribution in [1.82, 2.24) is 0 Å². The lowest BCUT2D eigenvalue weighted by Gasteiger charge is -2.09. The zero-order valence-corrected chi connectivity index (χ0v) is 11.8. The van der Waals surface area contributed by atoms with E-state index in [9.17, 15) is 10.1 Å². The maximum atomic E-state index is 10.9. The van der Waals surface area contributed by atoms with Crippen LogP contribution < -0.4 is 5.32 Å². The molecule has 0 unspecified atom stereocenters. The second-order valence-corrected chi connectivity index (χ2v) is 4.78. The van der Waals surface area contributed by atoms with Crippen molar-refractivity contribution in [3.8, 4) is 6.07 Å². The molecular formula is C15H12ClN3O2. The molecular weight excluding hydrogens is 290 g/mol. The van der Waals surface area contributed by atoms with Crippen LogP contribution in [0.1, 0.15) is 11.1 Å². The summed E-state index contributed by atoms with van der Waals surface area (Å²) in [6.45, 7) is 0.486. The topological polar surface area (TPSA) is 79.0 Å². The lowest BCUT2D eigenvalue weighted by Crippen LogP contribution is -2.07. The van der Waals surface area contributed by atoms with Crippen LogP contribution in [0.15, 0.2) is 42.5 Å². The summed E-state index contributed by atoms with van der Waals surface area (Å²) >= 11 is 6.04. The van der Waals surface area contributed by atoms with E-state index in [1.54, 1.807) is 36.4 Å². The second kappa shape index (κ2) is 6.73. The van der Waals surface area contributed by atoms with Gasteiger partial charge in [0.25, 0.3) is 5.69 Å². The van der Waals surface area contributed by atoms with Gasteiger partial charge in [0, 0.05) is 18.2 Å². The summed E-state index contributed by atoms with van der Waals surface area (Å²) in [6.07, 6.45) is 0.490. The number of hydrogen-bond acceptors (Lipinski definition) is 4. The molecule has 0 spiro atoms. The number of halogens is 1. The summed E-state index contributed by atoms with van der Waals surface area (Å²) in [4.78, 5) is 10.5. The van der Waals surface area contributed by atoms with Crippen molar-refractivity contribution in [1.29, 1.82) is 5.26 Å². The number of nitro groups is 1. The van der Waals surface area contributed by atoms with E-state index in [4.69, 9.17) is 16.9 Å². The minimum atomic E-state index is -0.390. The number of nitrogens with one attached hydrogen (secondary N) is 1. The number of hydrogen-bond donors (Lipinski definition) is 1. The first-order chi connectivity index (χ1) is 10.1. The van der Waals surface area contributed by atoms with Crippen molar-refractivity contribution < 1.29 is 4.92 Å². The highest BCUT2D eigenvalue weighted by molar-refractivity contribution is 6.33.